The van der Waals surface area contributed by atoms with Gasteiger partial charge in [0.1, 0.15) is 30.2 Å². The number of nitrogens with zero attached hydrogens (tertiary/aromatic N) is 4. The number of amides is 6. The van der Waals surface area contributed by atoms with Crippen molar-refractivity contribution in [1.29, 1.82) is 0 Å². The quantitative estimate of drug-likeness (QED) is 0.502. The number of rotatable bonds is 3. The van der Waals surface area contributed by atoms with Crippen molar-refractivity contribution in [1.82, 2.24) is 30.2 Å². The topological polar surface area (TPSA) is 139 Å². The van der Waals surface area contributed by atoms with Gasteiger partial charge in [-0.15, -0.1) is 0 Å². The molecule has 2 rings (SSSR count). The highest BCUT2D eigenvalue weighted by molar-refractivity contribution is 5.96. The highest BCUT2D eigenvalue weighted by Gasteiger charge is 2.42. The summed E-state index contributed by atoms with van der Waals surface area (Å²) in [6.07, 6.45) is 1.63. The van der Waals surface area contributed by atoms with Crippen LogP contribution < -0.4 is 10.6 Å². The van der Waals surface area contributed by atoms with Crippen molar-refractivity contribution in [3.8, 4) is 0 Å². The van der Waals surface area contributed by atoms with Crippen molar-refractivity contribution in [3.63, 3.8) is 0 Å². The fourth-order valence-electron chi connectivity index (χ4n) is 5.30. The summed E-state index contributed by atoms with van der Waals surface area (Å²) in [6.45, 7) is 11.0. The lowest BCUT2D eigenvalue weighted by molar-refractivity contribution is -0.151. The van der Waals surface area contributed by atoms with Gasteiger partial charge in [-0.3, -0.25) is 28.8 Å². The van der Waals surface area contributed by atoms with E-state index in [0.29, 0.717) is 25.8 Å². The van der Waals surface area contributed by atoms with Gasteiger partial charge >= 0.3 is 0 Å². The number of nitrogens with one attached hydrogen (secondary N) is 2. The van der Waals surface area contributed by atoms with Crippen LogP contribution in [0.2, 0.25) is 0 Å². The summed E-state index contributed by atoms with van der Waals surface area (Å²) >= 11 is 0. The minimum absolute atomic E-state index is 0.0312. The molecule has 2 N–H and O–H groups in total. The third-order valence-electron chi connectivity index (χ3n) is 8.54. The molecule has 2 fully saturated rings. The zero-order valence-electron chi connectivity index (χ0n) is 25.5. The molecule has 40 heavy (non-hydrogen) atoms. The third kappa shape index (κ3) is 7.11. The maximum Gasteiger partial charge on any atom is 0.246 e. The van der Waals surface area contributed by atoms with Gasteiger partial charge in [0.25, 0.3) is 0 Å². The highest BCUT2D eigenvalue weighted by Crippen LogP contribution is 2.22. The molecule has 6 amide bonds. The van der Waals surface area contributed by atoms with Crippen LogP contribution in [0.1, 0.15) is 67.2 Å². The molecule has 0 saturated carbocycles. The first-order chi connectivity index (χ1) is 18.6. The largest absolute Gasteiger partial charge is 0.354 e. The van der Waals surface area contributed by atoms with Crippen LogP contribution in [-0.4, -0.2) is 119 Å². The molecule has 0 unspecified atom stereocenters. The van der Waals surface area contributed by atoms with Gasteiger partial charge in [-0.25, -0.2) is 0 Å². The molecular formula is C28H48N6O6. The SMILES string of the molecule is CC[C@H](C)[C@@H]1NC(=O)[C@@H]2CCCN2C(=O)[C@@H](C)N(C)C(=O)CCNC(=O)[C@H](C)N(C)C(=O)[C@H](C(C)C)N(C)C1=O. The zero-order chi connectivity index (χ0) is 30.5. The van der Waals surface area contributed by atoms with Crippen LogP contribution in [0.15, 0.2) is 0 Å². The van der Waals surface area contributed by atoms with Crippen molar-refractivity contribution < 1.29 is 28.8 Å². The summed E-state index contributed by atoms with van der Waals surface area (Å²) in [7, 11) is 4.58. The van der Waals surface area contributed by atoms with Crippen molar-refractivity contribution in [2.45, 2.75) is 97.4 Å². The summed E-state index contributed by atoms with van der Waals surface area (Å²) in [5.41, 5.74) is 0. The Labute approximate surface area is 238 Å². The maximum atomic E-state index is 13.9. The second-order valence-electron chi connectivity index (χ2n) is 11.5. The first-order valence-electron chi connectivity index (χ1n) is 14.3. The predicted molar refractivity (Wildman–Crippen MR) is 150 cm³/mol. The summed E-state index contributed by atoms with van der Waals surface area (Å²) in [6, 6.07) is -4.22. The average Bonchev–Trinajstić information content (AvgIpc) is 3.42. The Balaban J connectivity index is 2.52. The Morgan fingerprint density at radius 1 is 0.825 bits per heavy atom. The number of fused-ring (bicyclic) bond motifs is 1. The van der Waals surface area contributed by atoms with E-state index in [2.05, 4.69) is 10.6 Å². The van der Waals surface area contributed by atoms with Crippen LogP contribution in [0.5, 0.6) is 0 Å². The molecule has 12 nitrogen and oxygen atoms in total. The van der Waals surface area contributed by atoms with Crippen molar-refractivity contribution in [2.24, 2.45) is 11.8 Å². The van der Waals surface area contributed by atoms with Gasteiger partial charge in [0.05, 0.1) is 0 Å². The van der Waals surface area contributed by atoms with Crippen molar-refractivity contribution in [2.75, 3.05) is 34.2 Å². The Bertz CT molecular complexity index is 986. The van der Waals surface area contributed by atoms with Crippen LogP contribution in [0.25, 0.3) is 0 Å². The molecule has 0 aromatic heterocycles. The minimum Gasteiger partial charge on any atom is -0.354 e. The molecule has 226 valence electrons. The molecule has 12 heteroatoms. The monoisotopic (exact) mass is 564 g/mol. The van der Waals surface area contributed by atoms with E-state index in [4.69, 9.17) is 0 Å². The summed E-state index contributed by atoms with van der Waals surface area (Å²) in [5, 5.41) is 5.60. The molecule has 0 aromatic rings. The maximum absolute atomic E-state index is 13.9. The lowest BCUT2D eigenvalue weighted by Crippen LogP contribution is -2.61. The Morgan fingerprint density at radius 2 is 1.45 bits per heavy atom. The van der Waals surface area contributed by atoms with E-state index in [1.807, 2.05) is 27.7 Å². The number of carbonyl (C=O) groups is 6. The van der Waals surface area contributed by atoms with E-state index in [9.17, 15) is 28.8 Å². The lowest BCUT2D eigenvalue weighted by Gasteiger charge is -2.38. The standard InChI is InChI=1S/C28H48N6O6/c1-10-17(4)22-27(39)33(9)23(16(2)3)28(40)32(8)18(5)24(36)29-14-13-21(35)31(7)19(6)26(38)34-15-11-12-20(34)25(37)30-22/h16-20,22-23H,10-15H2,1-9H3,(H,29,36)(H,30,37)/t17-,18-,19+,20-,22-,23-/m0/s1. The Morgan fingerprint density at radius 3 is 2.02 bits per heavy atom. The zero-order valence-corrected chi connectivity index (χ0v) is 25.5. The minimum atomic E-state index is -0.913. The van der Waals surface area contributed by atoms with E-state index < -0.39 is 53.8 Å². The molecule has 2 aliphatic rings. The molecule has 0 radical (unpaired) electrons. The van der Waals surface area contributed by atoms with Gasteiger partial charge in [0.15, 0.2) is 0 Å². The van der Waals surface area contributed by atoms with Gasteiger partial charge in [-0.05, 0) is 38.5 Å². The molecule has 0 bridgehead atoms. The molecule has 0 spiro atoms. The fraction of sp³-hybridized carbons (Fsp3) is 0.786. The molecule has 0 aromatic carbocycles. The molecular weight excluding hydrogens is 516 g/mol. The average molecular weight is 565 g/mol. The Hall–Kier alpha value is -3.18. The van der Waals surface area contributed by atoms with E-state index >= 15 is 0 Å². The second kappa shape index (κ2) is 13.9. The van der Waals surface area contributed by atoms with E-state index in [1.165, 1.54) is 33.7 Å². The highest BCUT2D eigenvalue weighted by atomic mass is 16.2. The van der Waals surface area contributed by atoms with Gasteiger partial charge in [0.2, 0.25) is 35.4 Å². The first kappa shape index (κ1) is 33.0. The number of hydrogen-bond donors (Lipinski definition) is 2. The smallest absolute Gasteiger partial charge is 0.246 e. The molecule has 2 saturated heterocycles. The molecule has 0 aliphatic carbocycles. The summed E-state index contributed by atoms with van der Waals surface area (Å²) in [5.74, 6) is -2.88. The van der Waals surface area contributed by atoms with Gasteiger partial charge in [-0.2, -0.15) is 0 Å². The van der Waals surface area contributed by atoms with Crippen LogP contribution in [-0.2, 0) is 28.8 Å². The van der Waals surface area contributed by atoms with E-state index in [-0.39, 0.29) is 36.6 Å². The third-order valence-corrected chi connectivity index (χ3v) is 8.54. The van der Waals surface area contributed by atoms with Gasteiger partial charge in [-0.1, -0.05) is 34.1 Å². The number of carbonyl (C=O) groups excluding carboxylic acids is 6. The normalized spacial score (nSPS) is 29.6. The van der Waals surface area contributed by atoms with Crippen molar-refractivity contribution >= 4 is 35.4 Å². The van der Waals surface area contributed by atoms with Crippen LogP contribution >= 0.6 is 0 Å². The second-order valence-corrected chi connectivity index (χ2v) is 11.5. The molecule has 2 heterocycles. The first-order valence-corrected chi connectivity index (χ1v) is 14.3. The summed E-state index contributed by atoms with van der Waals surface area (Å²) in [4.78, 5) is 85.6. The van der Waals surface area contributed by atoms with Crippen LogP contribution in [0, 0.1) is 11.8 Å². The lowest BCUT2D eigenvalue weighted by atomic mass is 9.94. The number of likely N-dealkylation sites (N-methyl/N-ethyl adjacent to an activating group) is 3. The van der Waals surface area contributed by atoms with Crippen LogP contribution in [0.3, 0.4) is 0 Å². The van der Waals surface area contributed by atoms with Crippen LogP contribution in [0.4, 0.5) is 0 Å². The van der Waals surface area contributed by atoms with E-state index in [0.717, 1.165) is 0 Å². The van der Waals surface area contributed by atoms with Crippen molar-refractivity contribution in [3.05, 3.63) is 0 Å². The van der Waals surface area contributed by atoms with Gasteiger partial charge in [0, 0.05) is 40.7 Å². The Kier molecular flexibility index (Phi) is 11.5. The molecule has 6 atom stereocenters. The fourth-order valence-corrected chi connectivity index (χ4v) is 5.30. The summed E-state index contributed by atoms with van der Waals surface area (Å²) < 4.78 is 0. The van der Waals surface area contributed by atoms with Gasteiger partial charge < -0.3 is 30.2 Å². The van der Waals surface area contributed by atoms with E-state index in [1.54, 1.807) is 20.9 Å². The molecule has 2 aliphatic heterocycles. The predicted octanol–water partition coefficient (Wildman–Crippen LogP) is 0.205. The number of hydrogen-bond acceptors (Lipinski definition) is 6.